The van der Waals surface area contributed by atoms with Gasteiger partial charge in [0.25, 0.3) is 0 Å². The van der Waals surface area contributed by atoms with Gasteiger partial charge in [-0.2, -0.15) is 0 Å². The van der Waals surface area contributed by atoms with Crippen LogP contribution < -0.4 is 9.47 Å². The second-order valence-corrected chi connectivity index (χ2v) is 8.90. The van der Waals surface area contributed by atoms with Crippen molar-refractivity contribution < 1.29 is 18.9 Å². The van der Waals surface area contributed by atoms with E-state index in [1.54, 1.807) is 14.2 Å². The van der Waals surface area contributed by atoms with Crippen LogP contribution in [-0.4, -0.2) is 57.1 Å². The van der Waals surface area contributed by atoms with Crippen molar-refractivity contribution in [3.8, 4) is 11.5 Å². The highest BCUT2D eigenvalue weighted by Gasteiger charge is 2.35. The highest BCUT2D eigenvalue weighted by atomic mass is 16.5. The number of methoxy groups -OCH3 is 2. The van der Waals surface area contributed by atoms with Crippen LogP contribution in [0, 0.1) is 0 Å². The molecule has 5 heteroatoms. The second kappa shape index (κ2) is 11.7. The Morgan fingerprint density at radius 1 is 0.844 bits per heavy atom. The van der Waals surface area contributed by atoms with E-state index in [0.717, 1.165) is 50.5 Å². The summed E-state index contributed by atoms with van der Waals surface area (Å²) in [6.45, 7) is 3.57. The molecule has 2 unspecified atom stereocenters. The molecule has 1 saturated heterocycles. The van der Waals surface area contributed by atoms with Gasteiger partial charge in [-0.25, -0.2) is 0 Å². The van der Waals surface area contributed by atoms with E-state index in [2.05, 4.69) is 47.4 Å². The van der Waals surface area contributed by atoms with Gasteiger partial charge in [0.15, 0.2) is 11.5 Å². The Balaban J connectivity index is 1.26. The zero-order valence-electron chi connectivity index (χ0n) is 19.5. The molecule has 2 aliphatic rings. The number of rotatable bonds is 10. The molecule has 0 aromatic heterocycles. The lowest BCUT2D eigenvalue weighted by Gasteiger charge is -2.37. The van der Waals surface area contributed by atoms with Gasteiger partial charge in [0.05, 0.1) is 39.6 Å². The first-order chi connectivity index (χ1) is 15.8. The highest BCUT2D eigenvalue weighted by molar-refractivity contribution is 5.42. The van der Waals surface area contributed by atoms with Gasteiger partial charge in [0.1, 0.15) is 0 Å². The Labute approximate surface area is 192 Å². The first-order valence-corrected chi connectivity index (χ1v) is 12.0. The predicted molar refractivity (Wildman–Crippen MR) is 126 cm³/mol. The monoisotopic (exact) mass is 440 g/mol. The zero-order chi connectivity index (χ0) is 22.2. The normalized spacial score (nSPS) is 23.9. The Morgan fingerprint density at radius 3 is 2.47 bits per heavy atom. The second-order valence-electron chi connectivity index (χ2n) is 8.90. The lowest BCUT2D eigenvalue weighted by Crippen LogP contribution is -2.46. The molecule has 0 amide bonds. The van der Waals surface area contributed by atoms with Crippen LogP contribution in [0.15, 0.2) is 48.5 Å². The Bertz CT molecular complexity index is 828. The third-order valence-electron chi connectivity index (χ3n) is 6.81. The Kier molecular flexibility index (Phi) is 8.43. The van der Waals surface area contributed by atoms with E-state index in [1.165, 1.54) is 30.4 Å². The van der Waals surface area contributed by atoms with Crippen LogP contribution in [0.4, 0.5) is 0 Å². The number of hydrogen-bond donors (Lipinski definition) is 0. The molecule has 0 N–H and O–H groups in total. The van der Waals surface area contributed by atoms with Gasteiger partial charge >= 0.3 is 0 Å². The van der Waals surface area contributed by atoms with E-state index in [1.807, 2.05) is 6.07 Å². The SMILES string of the molecule is COc1cc(CCOC2CCCCC2N2CC[C@H](OCc3ccccc3)C2)ccc1O[13CH3]. The van der Waals surface area contributed by atoms with E-state index in [-0.39, 0.29) is 0 Å². The van der Waals surface area contributed by atoms with Crippen LogP contribution >= 0.6 is 0 Å². The maximum Gasteiger partial charge on any atom is 0.160 e. The molecule has 0 radical (unpaired) electrons. The molecular formula is C27H37NO4. The summed E-state index contributed by atoms with van der Waals surface area (Å²) in [7, 11) is 3.34. The summed E-state index contributed by atoms with van der Waals surface area (Å²) < 4.78 is 23.4. The molecule has 0 bridgehead atoms. The van der Waals surface area contributed by atoms with E-state index in [4.69, 9.17) is 18.9 Å². The van der Waals surface area contributed by atoms with Gasteiger partial charge in [-0.1, -0.05) is 49.2 Å². The van der Waals surface area contributed by atoms with Crippen molar-refractivity contribution in [3.63, 3.8) is 0 Å². The first-order valence-electron chi connectivity index (χ1n) is 12.0. The average molecular weight is 441 g/mol. The molecule has 32 heavy (non-hydrogen) atoms. The molecule has 1 aliphatic carbocycles. The topological polar surface area (TPSA) is 40.2 Å². The van der Waals surface area contributed by atoms with Crippen LogP contribution in [0.2, 0.25) is 0 Å². The molecule has 3 atom stereocenters. The number of nitrogens with zero attached hydrogens (tertiary/aromatic N) is 1. The average Bonchev–Trinajstić information content (AvgIpc) is 3.32. The van der Waals surface area contributed by atoms with Gasteiger partial charge in [-0.3, -0.25) is 4.90 Å². The van der Waals surface area contributed by atoms with E-state index in [9.17, 15) is 0 Å². The zero-order valence-corrected chi connectivity index (χ0v) is 19.5. The van der Waals surface area contributed by atoms with E-state index < -0.39 is 0 Å². The molecule has 0 spiro atoms. The summed E-state index contributed by atoms with van der Waals surface area (Å²) in [4.78, 5) is 2.62. The van der Waals surface area contributed by atoms with Gasteiger partial charge in [0.2, 0.25) is 0 Å². The standard InChI is InChI=1S/C27H37NO4/c1-29-26-13-12-21(18-27(26)30-2)15-17-31-25-11-7-6-10-24(25)28-16-14-23(19-28)32-20-22-8-4-3-5-9-22/h3-5,8-9,12-13,18,23-25H,6-7,10-11,14-17,19-20H2,1-2H3/t23-,24?,25?/m0/s1/i1+1. The quantitative estimate of drug-likeness (QED) is 0.493. The molecule has 4 rings (SSSR count). The number of hydrogen-bond acceptors (Lipinski definition) is 5. The van der Waals surface area contributed by atoms with Crippen LogP contribution in [0.1, 0.15) is 43.2 Å². The third kappa shape index (κ3) is 6.03. The number of ether oxygens (including phenoxy) is 4. The summed E-state index contributed by atoms with van der Waals surface area (Å²) in [5.74, 6) is 1.54. The van der Waals surface area contributed by atoms with Crippen molar-refractivity contribution in [1.29, 1.82) is 0 Å². The fourth-order valence-corrected chi connectivity index (χ4v) is 5.03. The van der Waals surface area contributed by atoms with Crippen LogP contribution in [0.5, 0.6) is 11.5 Å². The molecule has 1 saturated carbocycles. The van der Waals surface area contributed by atoms with E-state index in [0.29, 0.717) is 24.9 Å². The molecule has 5 nitrogen and oxygen atoms in total. The third-order valence-corrected chi connectivity index (χ3v) is 6.81. The Morgan fingerprint density at radius 2 is 1.66 bits per heavy atom. The number of benzene rings is 2. The van der Waals surface area contributed by atoms with Gasteiger partial charge in [-0.05, 0) is 48.9 Å². The molecule has 1 heterocycles. The van der Waals surface area contributed by atoms with Crippen molar-refractivity contribution in [2.45, 2.75) is 63.4 Å². The summed E-state index contributed by atoms with van der Waals surface area (Å²) >= 11 is 0. The van der Waals surface area contributed by atoms with Crippen molar-refractivity contribution >= 4 is 0 Å². The number of likely N-dealkylation sites (tertiary alicyclic amines) is 1. The summed E-state index contributed by atoms with van der Waals surface area (Å²) in [5.41, 5.74) is 2.46. The Hall–Kier alpha value is -2.08. The van der Waals surface area contributed by atoms with Crippen molar-refractivity contribution in [2.24, 2.45) is 0 Å². The van der Waals surface area contributed by atoms with Crippen molar-refractivity contribution in [2.75, 3.05) is 33.9 Å². The summed E-state index contributed by atoms with van der Waals surface area (Å²) in [6, 6.07) is 17.1. The molecule has 1 aliphatic heterocycles. The van der Waals surface area contributed by atoms with E-state index >= 15 is 0 Å². The lowest BCUT2D eigenvalue weighted by molar-refractivity contribution is -0.0352. The summed E-state index contributed by atoms with van der Waals surface area (Å²) in [6.07, 6.45) is 7.58. The largest absolute Gasteiger partial charge is 0.493 e. The molecule has 174 valence electrons. The minimum absolute atomic E-state index is 0.316. The fraction of sp³-hybridized carbons (Fsp3) is 0.556. The molecule has 2 fully saturated rings. The van der Waals surface area contributed by atoms with Crippen molar-refractivity contribution in [1.82, 2.24) is 4.90 Å². The molecular weight excluding hydrogens is 403 g/mol. The van der Waals surface area contributed by atoms with Gasteiger partial charge < -0.3 is 18.9 Å². The van der Waals surface area contributed by atoms with Crippen LogP contribution in [-0.2, 0) is 22.5 Å². The van der Waals surface area contributed by atoms with Crippen LogP contribution in [0.25, 0.3) is 0 Å². The predicted octanol–water partition coefficient (Wildman–Crippen LogP) is 4.87. The first kappa shape index (κ1) is 23.1. The smallest absolute Gasteiger partial charge is 0.160 e. The highest BCUT2D eigenvalue weighted by Crippen LogP contribution is 2.30. The molecule has 2 aromatic carbocycles. The van der Waals surface area contributed by atoms with Gasteiger partial charge in [-0.15, -0.1) is 0 Å². The minimum Gasteiger partial charge on any atom is -0.493 e. The lowest BCUT2D eigenvalue weighted by atomic mass is 9.91. The van der Waals surface area contributed by atoms with Crippen LogP contribution in [0.3, 0.4) is 0 Å². The van der Waals surface area contributed by atoms with Gasteiger partial charge in [0, 0.05) is 19.1 Å². The summed E-state index contributed by atoms with van der Waals surface area (Å²) in [5, 5.41) is 0. The van der Waals surface area contributed by atoms with Crippen molar-refractivity contribution in [3.05, 3.63) is 59.7 Å². The minimum atomic E-state index is 0.316. The molecule has 2 aromatic rings. The maximum absolute atomic E-state index is 6.45. The maximum atomic E-state index is 6.45. The fourth-order valence-electron chi connectivity index (χ4n) is 5.03.